The second kappa shape index (κ2) is 13.2. The van der Waals surface area contributed by atoms with Crippen molar-refractivity contribution in [2.75, 3.05) is 50.4 Å². The summed E-state index contributed by atoms with van der Waals surface area (Å²) < 4.78 is 26.2. The van der Waals surface area contributed by atoms with Crippen molar-refractivity contribution in [3.8, 4) is 0 Å². The second-order valence-corrected chi connectivity index (χ2v) is 12.4. The molecule has 0 radical (unpaired) electrons. The number of piperidine rings is 1. The van der Waals surface area contributed by atoms with Crippen molar-refractivity contribution in [3.63, 3.8) is 0 Å². The predicted molar refractivity (Wildman–Crippen MR) is 154 cm³/mol. The summed E-state index contributed by atoms with van der Waals surface area (Å²) in [5.41, 5.74) is 8.39. The average Bonchev–Trinajstić information content (AvgIpc) is 2.93. The van der Waals surface area contributed by atoms with Crippen LogP contribution < -0.4 is 15.4 Å². The van der Waals surface area contributed by atoms with Gasteiger partial charge in [0, 0.05) is 56.8 Å². The molecule has 216 valence electrons. The van der Waals surface area contributed by atoms with Crippen LogP contribution in [0.15, 0.2) is 59.8 Å². The van der Waals surface area contributed by atoms with E-state index in [1.165, 1.54) is 12.5 Å². The number of urea groups is 1. The third kappa shape index (κ3) is 8.51. The monoisotopic (exact) mass is 570 g/mol. The summed E-state index contributed by atoms with van der Waals surface area (Å²) in [5.74, 6) is -0.331. The normalized spacial score (nSPS) is 19.6. The number of carbonyl (C=O) groups is 2. The van der Waals surface area contributed by atoms with Crippen molar-refractivity contribution < 1.29 is 22.8 Å². The molecule has 2 aromatic rings. The van der Waals surface area contributed by atoms with Crippen LogP contribution in [0.25, 0.3) is 0 Å². The average molecular weight is 571 g/mol. The van der Waals surface area contributed by atoms with Crippen molar-refractivity contribution in [1.29, 1.82) is 0 Å². The molecule has 2 aliphatic heterocycles. The minimum atomic E-state index is -3.38. The summed E-state index contributed by atoms with van der Waals surface area (Å²) in [6.07, 6.45) is 3.11. The number of nitrogens with one attached hydrogen (secondary N) is 1. The molecule has 2 aliphatic rings. The molecule has 2 amide bonds. The lowest BCUT2D eigenvalue weighted by molar-refractivity contribution is -0.140. The number of hydrogen-bond acceptors (Lipinski definition) is 7. The molecule has 12 heteroatoms. The van der Waals surface area contributed by atoms with E-state index in [4.69, 9.17) is 5.73 Å². The van der Waals surface area contributed by atoms with Crippen LogP contribution in [0.3, 0.4) is 0 Å². The Hall–Kier alpha value is -3.48. The van der Waals surface area contributed by atoms with Gasteiger partial charge in [0.15, 0.2) is 5.84 Å². The molecule has 40 heavy (non-hydrogen) atoms. The smallest absolute Gasteiger partial charge is 0.332 e. The fraction of sp³-hybridized carbons (Fsp3) is 0.464. The Morgan fingerprint density at radius 1 is 1.07 bits per heavy atom. The quantitative estimate of drug-likeness (QED) is 0.193. The molecule has 3 N–H and O–H groups in total. The van der Waals surface area contributed by atoms with E-state index in [-0.39, 0.29) is 24.3 Å². The molecule has 0 saturated carbocycles. The van der Waals surface area contributed by atoms with Gasteiger partial charge in [-0.1, -0.05) is 47.6 Å². The van der Waals surface area contributed by atoms with Crippen molar-refractivity contribution in [2.24, 2.45) is 22.7 Å². The van der Waals surface area contributed by atoms with Crippen molar-refractivity contribution in [1.82, 2.24) is 14.5 Å². The van der Waals surface area contributed by atoms with Gasteiger partial charge in [-0.05, 0) is 49.5 Å². The number of carbonyl (C=O) groups excluding carboxylic acids is 2. The van der Waals surface area contributed by atoms with E-state index in [2.05, 4.69) is 43.9 Å². The van der Waals surface area contributed by atoms with Crippen molar-refractivity contribution in [3.05, 3.63) is 65.7 Å². The van der Waals surface area contributed by atoms with Crippen LogP contribution in [-0.2, 0) is 26.2 Å². The maximum atomic E-state index is 13.7. The Labute approximate surface area is 236 Å². The van der Waals surface area contributed by atoms with E-state index in [1.54, 1.807) is 29.2 Å². The highest BCUT2D eigenvalue weighted by atomic mass is 32.2. The molecule has 2 saturated heterocycles. The zero-order valence-corrected chi connectivity index (χ0v) is 23.8. The van der Waals surface area contributed by atoms with Crippen LogP contribution in [0, 0.1) is 11.8 Å². The predicted octanol–water partition coefficient (Wildman–Crippen LogP) is 2.19. The number of amidine groups is 1. The van der Waals surface area contributed by atoms with E-state index >= 15 is 0 Å². The van der Waals surface area contributed by atoms with Gasteiger partial charge in [0.2, 0.25) is 10.0 Å². The Morgan fingerprint density at radius 2 is 1.80 bits per heavy atom. The largest absolute Gasteiger partial charge is 0.380 e. The molecule has 2 heterocycles. The number of nitrogens with zero attached hydrogens (tertiary/aromatic N) is 4. The van der Waals surface area contributed by atoms with Gasteiger partial charge >= 0.3 is 12.0 Å². The van der Waals surface area contributed by atoms with Crippen LogP contribution in [0.4, 0.5) is 10.5 Å². The van der Waals surface area contributed by atoms with Crippen LogP contribution in [0.2, 0.25) is 0 Å². The molecular weight excluding hydrogens is 532 g/mol. The first kappa shape index (κ1) is 29.5. The van der Waals surface area contributed by atoms with Crippen molar-refractivity contribution >= 4 is 33.5 Å². The molecule has 11 nitrogen and oxygen atoms in total. The number of oxime groups is 1. The van der Waals surface area contributed by atoms with Crippen molar-refractivity contribution in [2.45, 2.75) is 26.3 Å². The van der Waals surface area contributed by atoms with E-state index in [1.807, 2.05) is 11.0 Å². The summed E-state index contributed by atoms with van der Waals surface area (Å²) >= 11 is 0. The highest BCUT2D eigenvalue weighted by Gasteiger charge is 2.35. The van der Waals surface area contributed by atoms with E-state index < -0.39 is 16.0 Å². The minimum Gasteiger partial charge on any atom is -0.380 e. The molecule has 4 rings (SSSR count). The number of rotatable bonds is 10. The Balaban J connectivity index is 1.46. The van der Waals surface area contributed by atoms with Gasteiger partial charge < -0.3 is 15.5 Å². The van der Waals surface area contributed by atoms with Crippen LogP contribution >= 0.6 is 0 Å². The first-order chi connectivity index (χ1) is 19.1. The SMILES string of the molecule is CC(=O)ON=C(N)c1cccc(N2CC(CNS(C)(=O)=O)CN(CC3CCN(Cc4ccccc4)CC3)C2=O)c1. The van der Waals surface area contributed by atoms with Gasteiger partial charge in [-0.25, -0.2) is 22.7 Å². The molecule has 2 fully saturated rings. The van der Waals surface area contributed by atoms with Crippen LogP contribution in [-0.4, -0.2) is 81.6 Å². The third-order valence-corrected chi connectivity index (χ3v) is 7.91. The molecule has 0 aliphatic carbocycles. The van der Waals surface area contributed by atoms with E-state index in [9.17, 15) is 18.0 Å². The molecule has 1 atom stereocenters. The summed E-state index contributed by atoms with van der Waals surface area (Å²) in [6, 6.07) is 17.3. The summed E-state index contributed by atoms with van der Waals surface area (Å²) in [7, 11) is -3.38. The first-order valence-electron chi connectivity index (χ1n) is 13.5. The minimum absolute atomic E-state index is 0.0101. The van der Waals surface area contributed by atoms with Gasteiger partial charge in [0.1, 0.15) is 0 Å². The lowest BCUT2D eigenvalue weighted by Crippen LogP contribution is -2.57. The summed E-state index contributed by atoms with van der Waals surface area (Å²) in [5, 5.41) is 3.65. The van der Waals surface area contributed by atoms with Crippen LogP contribution in [0.1, 0.15) is 30.9 Å². The topological polar surface area (TPSA) is 138 Å². The molecule has 0 spiro atoms. The number of anilines is 1. The zero-order valence-electron chi connectivity index (χ0n) is 23.0. The van der Waals surface area contributed by atoms with Crippen LogP contribution in [0.5, 0.6) is 0 Å². The fourth-order valence-electron chi connectivity index (χ4n) is 5.20. The lowest BCUT2D eigenvalue weighted by Gasteiger charge is -2.42. The molecule has 0 bridgehead atoms. The van der Waals surface area contributed by atoms with Gasteiger partial charge in [0.05, 0.1) is 6.26 Å². The number of benzene rings is 2. The highest BCUT2D eigenvalue weighted by molar-refractivity contribution is 7.88. The summed E-state index contributed by atoms with van der Waals surface area (Å²) in [4.78, 5) is 35.4. The van der Waals surface area contributed by atoms with Gasteiger partial charge in [-0.2, -0.15) is 0 Å². The zero-order chi connectivity index (χ0) is 28.7. The van der Waals surface area contributed by atoms with Gasteiger partial charge in [-0.3, -0.25) is 9.80 Å². The van der Waals surface area contributed by atoms with E-state index in [0.717, 1.165) is 38.7 Å². The standard InChI is InChI=1S/C28H38N6O5S/c1-21(35)39-31-27(29)25-9-6-10-26(15-25)34-20-24(16-30-40(2,37)38)19-33(28(34)36)18-23-11-13-32(14-12-23)17-22-7-4-3-5-8-22/h3-10,15,23-24,30H,11-14,16-20H2,1-2H3,(H2,29,31). The maximum absolute atomic E-state index is 13.7. The Morgan fingerprint density at radius 3 is 2.48 bits per heavy atom. The number of hydrogen-bond donors (Lipinski definition) is 2. The maximum Gasteiger partial charge on any atom is 0.332 e. The first-order valence-corrected chi connectivity index (χ1v) is 15.4. The van der Waals surface area contributed by atoms with Gasteiger partial charge in [0.25, 0.3) is 0 Å². The Kier molecular flexibility index (Phi) is 9.77. The number of nitrogens with two attached hydrogens (primary N) is 1. The highest BCUT2D eigenvalue weighted by Crippen LogP contribution is 2.27. The number of amides is 2. The van der Waals surface area contributed by atoms with Gasteiger partial charge in [-0.15, -0.1) is 0 Å². The second-order valence-electron chi connectivity index (χ2n) is 10.6. The fourth-order valence-corrected chi connectivity index (χ4v) is 5.74. The molecular formula is C28H38N6O5S. The summed E-state index contributed by atoms with van der Waals surface area (Å²) in [6.45, 7) is 5.73. The molecule has 1 unspecified atom stereocenters. The number of likely N-dealkylation sites (tertiary alicyclic amines) is 1. The molecule has 2 aromatic carbocycles. The number of sulfonamides is 1. The Bertz CT molecular complexity index is 1310. The third-order valence-electron chi connectivity index (χ3n) is 7.22. The molecule has 0 aromatic heterocycles. The van der Waals surface area contributed by atoms with E-state index in [0.29, 0.717) is 36.8 Å². The lowest BCUT2D eigenvalue weighted by atomic mass is 9.94.